The molecule has 0 bridgehead atoms. The molecule has 8 nitrogen and oxygen atoms in total. The van der Waals surface area contributed by atoms with Crippen LogP contribution in [0.15, 0.2) is 23.1 Å². The standard InChI is InChI=1S/C11H13ClN2O6S/c12-9-2-1-8(5-10(9)14(16)17)21(18,19)13-6-11(15)3-4-20-7-11/h1-2,5,13,15H,3-4,6-7H2. The summed E-state index contributed by atoms with van der Waals surface area (Å²) in [6.45, 7) is 0.159. The van der Waals surface area contributed by atoms with Crippen LogP contribution in [0.3, 0.4) is 0 Å². The Morgan fingerprint density at radius 3 is 2.81 bits per heavy atom. The van der Waals surface area contributed by atoms with Crippen molar-refractivity contribution in [2.75, 3.05) is 19.8 Å². The molecular weight excluding hydrogens is 324 g/mol. The van der Waals surface area contributed by atoms with Gasteiger partial charge in [0.1, 0.15) is 10.6 Å². The number of benzene rings is 1. The van der Waals surface area contributed by atoms with Crippen molar-refractivity contribution in [3.8, 4) is 0 Å². The molecule has 1 aliphatic heterocycles. The fraction of sp³-hybridized carbons (Fsp3) is 0.455. The van der Waals surface area contributed by atoms with Crippen LogP contribution >= 0.6 is 11.6 Å². The van der Waals surface area contributed by atoms with Crippen molar-refractivity contribution < 1.29 is 23.2 Å². The normalized spacial score (nSPS) is 22.4. The van der Waals surface area contributed by atoms with Gasteiger partial charge in [0.2, 0.25) is 10.0 Å². The van der Waals surface area contributed by atoms with Crippen molar-refractivity contribution in [1.82, 2.24) is 4.72 Å². The van der Waals surface area contributed by atoms with Gasteiger partial charge in [-0.15, -0.1) is 0 Å². The average molecular weight is 337 g/mol. The molecule has 0 spiro atoms. The highest BCUT2D eigenvalue weighted by Gasteiger charge is 2.34. The lowest BCUT2D eigenvalue weighted by atomic mass is 10.1. The highest BCUT2D eigenvalue weighted by molar-refractivity contribution is 7.89. The summed E-state index contributed by atoms with van der Waals surface area (Å²) in [5, 5.41) is 20.6. The van der Waals surface area contributed by atoms with E-state index >= 15 is 0 Å². The molecule has 0 radical (unpaired) electrons. The van der Waals surface area contributed by atoms with Crippen LogP contribution in [0.1, 0.15) is 6.42 Å². The molecule has 1 atom stereocenters. The molecule has 2 rings (SSSR count). The van der Waals surface area contributed by atoms with Crippen molar-refractivity contribution >= 4 is 27.3 Å². The van der Waals surface area contributed by atoms with Crippen molar-refractivity contribution in [3.05, 3.63) is 33.3 Å². The number of rotatable bonds is 5. The molecule has 1 heterocycles. The summed E-state index contributed by atoms with van der Waals surface area (Å²) in [5.74, 6) is 0. The molecule has 1 saturated heterocycles. The zero-order chi connectivity index (χ0) is 15.7. The summed E-state index contributed by atoms with van der Waals surface area (Å²) < 4.78 is 31.4. The van der Waals surface area contributed by atoms with E-state index in [4.69, 9.17) is 16.3 Å². The van der Waals surface area contributed by atoms with E-state index in [9.17, 15) is 23.6 Å². The minimum absolute atomic E-state index is 0.0380. The third-order valence-corrected chi connectivity index (χ3v) is 4.82. The monoisotopic (exact) mass is 336 g/mol. The quantitative estimate of drug-likeness (QED) is 0.602. The Morgan fingerprint density at radius 1 is 1.52 bits per heavy atom. The molecule has 1 fully saturated rings. The van der Waals surface area contributed by atoms with Gasteiger partial charge in [0.05, 0.1) is 16.4 Å². The van der Waals surface area contributed by atoms with Crippen molar-refractivity contribution in [2.45, 2.75) is 16.9 Å². The van der Waals surface area contributed by atoms with Gasteiger partial charge in [-0.3, -0.25) is 10.1 Å². The summed E-state index contributed by atoms with van der Waals surface area (Å²) in [5.41, 5.74) is -1.76. The predicted molar refractivity (Wildman–Crippen MR) is 73.7 cm³/mol. The topological polar surface area (TPSA) is 119 Å². The highest BCUT2D eigenvalue weighted by Crippen LogP contribution is 2.27. The third kappa shape index (κ3) is 3.69. The number of hydrogen-bond donors (Lipinski definition) is 2. The number of ether oxygens (including phenoxy) is 1. The lowest BCUT2D eigenvalue weighted by Gasteiger charge is -2.20. The minimum Gasteiger partial charge on any atom is -0.386 e. The maximum atomic E-state index is 12.1. The molecule has 21 heavy (non-hydrogen) atoms. The van der Waals surface area contributed by atoms with Gasteiger partial charge >= 0.3 is 0 Å². The zero-order valence-electron chi connectivity index (χ0n) is 10.8. The van der Waals surface area contributed by atoms with Gasteiger partial charge in [-0.1, -0.05) is 11.6 Å². The molecule has 1 aromatic rings. The van der Waals surface area contributed by atoms with Gasteiger partial charge < -0.3 is 9.84 Å². The first-order valence-corrected chi connectivity index (χ1v) is 7.83. The van der Waals surface area contributed by atoms with Gasteiger partial charge in [-0.05, 0) is 12.1 Å². The first-order valence-electron chi connectivity index (χ1n) is 5.97. The van der Waals surface area contributed by atoms with E-state index in [0.29, 0.717) is 13.0 Å². The summed E-state index contributed by atoms with van der Waals surface area (Å²) in [4.78, 5) is 9.71. The molecule has 1 aliphatic rings. The molecular formula is C11H13ClN2O6S. The van der Waals surface area contributed by atoms with Crippen LogP contribution in [-0.4, -0.2) is 43.8 Å². The fourth-order valence-electron chi connectivity index (χ4n) is 1.85. The number of halogens is 1. The molecule has 1 aromatic carbocycles. The Bertz CT molecular complexity index is 657. The second-order valence-corrected chi connectivity index (χ2v) is 6.90. The van der Waals surface area contributed by atoms with Gasteiger partial charge in [0.15, 0.2) is 0 Å². The van der Waals surface area contributed by atoms with Crippen molar-refractivity contribution in [3.63, 3.8) is 0 Å². The number of hydrogen-bond acceptors (Lipinski definition) is 6. The maximum Gasteiger partial charge on any atom is 0.289 e. The van der Waals surface area contributed by atoms with Crippen LogP contribution < -0.4 is 4.72 Å². The van der Waals surface area contributed by atoms with Crippen LogP contribution in [0.25, 0.3) is 0 Å². The number of nitro groups is 1. The Hall–Kier alpha value is -1.26. The summed E-state index contributed by atoms with van der Waals surface area (Å²) in [6, 6.07) is 3.17. The molecule has 0 aliphatic carbocycles. The summed E-state index contributed by atoms with van der Waals surface area (Å²) >= 11 is 5.63. The first-order chi connectivity index (χ1) is 9.73. The van der Waals surface area contributed by atoms with E-state index in [1.54, 1.807) is 0 Å². The maximum absolute atomic E-state index is 12.1. The lowest BCUT2D eigenvalue weighted by molar-refractivity contribution is -0.384. The van der Waals surface area contributed by atoms with Crippen molar-refractivity contribution in [1.29, 1.82) is 0 Å². The Labute approximate surface area is 125 Å². The number of nitro benzene ring substituents is 1. The molecule has 10 heteroatoms. The van der Waals surface area contributed by atoms with Gasteiger partial charge in [-0.25, -0.2) is 13.1 Å². The second kappa shape index (κ2) is 5.85. The molecule has 0 saturated carbocycles. The van der Waals surface area contributed by atoms with E-state index < -0.39 is 26.2 Å². The van der Waals surface area contributed by atoms with Crippen molar-refractivity contribution in [2.24, 2.45) is 0 Å². The number of aliphatic hydroxyl groups is 1. The molecule has 1 unspecified atom stereocenters. The average Bonchev–Trinajstić information content (AvgIpc) is 2.84. The number of nitrogens with zero attached hydrogens (tertiary/aromatic N) is 1. The largest absolute Gasteiger partial charge is 0.386 e. The molecule has 2 N–H and O–H groups in total. The van der Waals surface area contributed by atoms with Crippen LogP contribution in [0.2, 0.25) is 5.02 Å². The summed E-state index contributed by atoms with van der Waals surface area (Å²) in [6.07, 6.45) is 0.316. The Balaban J connectivity index is 2.19. The Kier molecular flexibility index (Phi) is 4.49. The first kappa shape index (κ1) is 16.1. The van der Waals surface area contributed by atoms with Gasteiger partial charge in [-0.2, -0.15) is 0 Å². The predicted octanol–water partition coefficient (Wildman–Crippen LogP) is 0.678. The van der Waals surface area contributed by atoms with Crippen LogP contribution in [0.5, 0.6) is 0 Å². The lowest BCUT2D eigenvalue weighted by Crippen LogP contribution is -2.43. The van der Waals surface area contributed by atoms with Crippen LogP contribution in [0, 0.1) is 10.1 Å². The minimum atomic E-state index is -3.99. The van der Waals surface area contributed by atoms with E-state index in [0.717, 1.165) is 18.2 Å². The molecule has 0 aromatic heterocycles. The van der Waals surface area contributed by atoms with Gasteiger partial charge in [0, 0.05) is 25.6 Å². The summed E-state index contributed by atoms with van der Waals surface area (Å²) in [7, 11) is -3.99. The number of nitrogens with one attached hydrogen (secondary N) is 1. The Morgan fingerprint density at radius 2 is 2.24 bits per heavy atom. The molecule has 0 amide bonds. The van der Waals surface area contributed by atoms with E-state index in [2.05, 4.69) is 4.72 Å². The highest BCUT2D eigenvalue weighted by atomic mass is 35.5. The molecule has 116 valence electrons. The van der Waals surface area contributed by atoms with Gasteiger partial charge in [0.25, 0.3) is 5.69 Å². The smallest absolute Gasteiger partial charge is 0.289 e. The third-order valence-electron chi connectivity index (χ3n) is 3.10. The van der Waals surface area contributed by atoms with E-state index in [-0.39, 0.29) is 23.1 Å². The number of sulfonamides is 1. The SMILES string of the molecule is O=[N+]([O-])c1cc(S(=O)(=O)NCC2(O)CCOC2)ccc1Cl. The van der Waals surface area contributed by atoms with E-state index in [1.807, 2.05) is 0 Å². The van der Waals surface area contributed by atoms with E-state index in [1.165, 1.54) is 0 Å². The fourth-order valence-corrected chi connectivity index (χ4v) is 3.17. The van der Waals surface area contributed by atoms with Crippen LogP contribution in [0.4, 0.5) is 5.69 Å². The van der Waals surface area contributed by atoms with Crippen LogP contribution in [-0.2, 0) is 14.8 Å². The zero-order valence-corrected chi connectivity index (χ0v) is 12.4. The second-order valence-electron chi connectivity index (χ2n) is 4.72.